The molecule has 2 aliphatic rings. The first kappa shape index (κ1) is 10.8. The van der Waals surface area contributed by atoms with Crippen molar-refractivity contribution in [3.05, 3.63) is 23.8 Å². The van der Waals surface area contributed by atoms with Gasteiger partial charge in [-0.05, 0) is 37.1 Å². The average molecular weight is 237 g/mol. The molecular formula is C13H16FNO2. The second-order valence-corrected chi connectivity index (χ2v) is 4.60. The molecule has 0 spiro atoms. The number of nitrogens with one attached hydrogen (secondary N) is 1. The van der Waals surface area contributed by atoms with E-state index in [1.807, 2.05) is 0 Å². The van der Waals surface area contributed by atoms with Gasteiger partial charge in [0, 0.05) is 6.54 Å². The average Bonchev–Trinajstić information content (AvgIpc) is 2.39. The van der Waals surface area contributed by atoms with Crippen LogP contribution in [0, 0.1) is 0 Å². The third-order valence-corrected chi connectivity index (χ3v) is 3.39. The predicted octanol–water partition coefficient (Wildman–Crippen LogP) is 2.01. The lowest BCUT2D eigenvalue weighted by Crippen LogP contribution is -2.40. The summed E-state index contributed by atoms with van der Waals surface area (Å²) in [7, 11) is 0. The number of benzene rings is 1. The van der Waals surface area contributed by atoms with Gasteiger partial charge in [0.25, 0.3) is 0 Å². The smallest absolute Gasteiger partial charge is 0.161 e. The lowest BCUT2D eigenvalue weighted by molar-refractivity contribution is 0.120. The number of hydrogen-bond acceptors (Lipinski definition) is 3. The van der Waals surface area contributed by atoms with E-state index in [0.29, 0.717) is 43.2 Å². The highest BCUT2D eigenvalue weighted by atomic mass is 19.1. The number of fused-ring (bicyclic) bond motifs is 1. The van der Waals surface area contributed by atoms with E-state index in [-0.39, 0.29) is 0 Å². The molecule has 92 valence electrons. The molecule has 3 nitrogen and oxygen atoms in total. The van der Waals surface area contributed by atoms with Gasteiger partial charge < -0.3 is 14.8 Å². The van der Waals surface area contributed by atoms with Crippen LogP contribution in [0.4, 0.5) is 4.39 Å². The normalized spacial score (nSPS) is 27.8. The number of alkyl halides is 1. The number of ether oxygens (including phenoxy) is 2. The molecule has 2 heterocycles. The summed E-state index contributed by atoms with van der Waals surface area (Å²) >= 11 is 0. The first-order chi connectivity index (χ1) is 8.28. The molecule has 0 amide bonds. The van der Waals surface area contributed by atoms with Crippen molar-refractivity contribution >= 4 is 0 Å². The van der Waals surface area contributed by atoms with Gasteiger partial charge in [-0.25, -0.2) is 4.39 Å². The standard InChI is InChI=1S/C13H16FNO2/c14-13(4-1-5-15-9-13)10-2-3-11-12(8-10)17-7-6-16-11/h2-3,8,15H,1,4-7,9H2. The van der Waals surface area contributed by atoms with E-state index >= 15 is 0 Å². The maximum absolute atomic E-state index is 14.7. The molecule has 0 radical (unpaired) electrons. The molecule has 1 aromatic carbocycles. The summed E-state index contributed by atoms with van der Waals surface area (Å²) < 4.78 is 25.6. The summed E-state index contributed by atoms with van der Waals surface area (Å²) in [5.74, 6) is 1.38. The Hall–Kier alpha value is -1.29. The Kier molecular flexibility index (Phi) is 2.67. The molecule has 1 N–H and O–H groups in total. The first-order valence-electron chi connectivity index (χ1n) is 6.08. The van der Waals surface area contributed by atoms with E-state index in [0.717, 1.165) is 13.0 Å². The van der Waals surface area contributed by atoms with Gasteiger partial charge in [-0.1, -0.05) is 6.07 Å². The highest BCUT2D eigenvalue weighted by Crippen LogP contribution is 2.38. The monoisotopic (exact) mass is 237 g/mol. The fourth-order valence-electron chi connectivity index (χ4n) is 2.44. The zero-order chi connectivity index (χ0) is 11.7. The molecule has 0 aromatic heterocycles. The maximum Gasteiger partial charge on any atom is 0.161 e. The van der Waals surface area contributed by atoms with Gasteiger partial charge in [-0.2, -0.15) is 0 Å². The third-order valence-electron chi connectivity index (χ3n) is 3.39. The Morgan fingerprint density at radius 3 is 2.76 bits per heavy atom. The van der Waals surface area contributed by atoms with E-state index in [1.165, 1.54) is 0 Å². The Morgan fingerprint density at radius 1 is 1.18 bits per heavy atom. The second kappa shape index (κ2) is 4.18. The Bertz CT molecular complexity index is 416. The molecule has 4 heteroatoms. The summed E-state index contributed by atoms with van der Waals surface area (Å²) in [5.41, 5.74) is -0.581. The van der Waals surface area contributed by atoms with E-state index in [1.54, 1.807) is 18.2 Å². The van der Waals surface area contributed by atoms with Gasteiger partial charge in [-0.15, -0.1) is 0 Å². The van der Waals surface area contributed by atoms with Crippen molar-refractivity contribution in [3.63, 3.8) is 0 Å². The van der Waals surface area contributed by atoms with Crippen LogP contribution < -0.4 is 14.8 Å². The van der Waals surface area contributed by atoms with Crippen LogP contribution in [0.5, 0.6) is 11.5 Å². The molecule has 1 saturated heterocycles. The van der Waals surface area contributed by atoms with Crippen molar-refractivity contribution < 1.29 is 13.9 Å². The molecule has 1 fully saturated rings. The molecular weight excluding hydrogens is 221 g/mol. The summed E-state index contributed by atoms with van der Waals surface area (Å²) in [6.45, 7) is 2.38. The lowest BCUT2D eigenvalue weighted by atomic mass is 9.88. The lowest BCUT2D eigenvalue weighted by Gasteiger charge is -2.31. The third kappa shape index (κ3) is 1.97. The molecule has 17 heavy (non-hydrogen) atoms. The topological polar surface area (TPSA) is 30.5 Å². The minimum Gasteiger partial charge on any atom is -0.486 e. The maximum atomic E-state index is 14.7. The Balaban J connectivity index is 1.92. The molecule has 1 unspecified atom stereocenters. The molecule has 3 rings (SSSR count). The van der Waals surface area contributed by atoms with Crippen LogP contribution >= 0.6 is 0 Å². The van der Waals surface area contributed by atoms with Crippen molar-refractivity contribution in [2.24, 2.45) is 0 Å². The summed E-state index contributed by atoms with van der Waals surface area (Å²) in [5, 5.41) is 3.11. The largest absolute Gasteiger partial charge is 0.486 e. The van der Waals surface area contributed by atoms with Gasteiger partial charge in [0.05, 0.1) is 0 Å². The summed E-state index contributed by atoms with van der Waals surface area (Å²) in [6, 6.07) is 5.39. The number of hydrogen-bond donors (Lipinski definition) is 1. The van der Waals surface area contributed by atoms with Crippen LogP contribution in [0.2, 0.25) is 0 Å². The molecule has 1 atom stereocenters. The highest BCUT2D eigenvalue weighted by Gasteiger charge is 2.34. The zero-order valence-electron chi connectivity index (χ0n) is 9.67. The fraction of sp³-hybridized carbons (Fsp3) is 0.538. The van der Waals surface area contributed by atoms with Crippen LogP contribution in [-0.2, 0) is 5.67 Å². The molecule has 0 saturated carbocycles. The molecule has 0 aliphatic carbocycles. The minimum atomic E-state index is -1.27. The Labute approximate surface area is 99.9 Å². The van der Waals surface area contributed by atoms with E-state index in [9.17, 15) is 4.39 Å². The van der Waals surface area contributed by atoms with Crippen molar-refractivity contribution in [1.29, 1.82) is 0 Å². The van der Waals surface area contributed by atoms with E-state index in [4.69, 9.17) is 9.47 Å². The number of piperidine rings is 1. The van der Waals surface area contributed by atoms with Crippen LogP contribution in [-0.4, -0.2) is 26.3 Å². The Morgan fingerprint density at radius 2 is 2.00 bits per heavy atom. The van der Waals surface area contributed by atoms with Crippen molar-refractivity contribution in [3.8, 4) is 11.5 Å². The van der Waals surface area contributed by atoms with Crippen molar-refractivity contribution in [2.75, 3.05) is 26.3 Å². The van der Waals surface area contributed by atoms with E-state index in [2.05, 4.69) is 5.32 Å². The van der Waals surface area contributed by atoms with Gasteiger partial charge in [0.15, 0.2) is 11.5 Å². The van der Waals surface area contributed by atoms with Gasteiger partial charge in [0.1, 0.15) is 18.9 Å². The van der Waals surface area contributed by atoms with Crippen LogP contribution in [0.1, 0.15) is 18.4 Å². The van der Waals surface area contributed by atoms with Gasteiger partial charge in [-0.3, -0.25) is 0 Å². The fourth-order valence-corrected chi connectivity index (χ4v) is 2.44. The summed E-state index contributed by atoms with van der Waals surface area (Å²) in [4.78, 5) is 0. The zero-order valence-corrected chi connectivity index (χ0v) is 9.67. The van der Waals surface area contributed by atoms with Gasteiger partial charge in [0.2, 0.25) is 0 Å². The second-order valence-electron chi connectivity index (χ2n) is 4.60. The molecule has 1 aromatic rings. The predicted molar refractivity (Wildman–Crippen MR) is 62.3 cm³/mol. The quantitative estimate of drug-likeness (QED) is 0.810. The molecule has 2 aliphatic heterocycles. The minimum absolute atomic E-state index is 0.382. The number of rotatable bonds is 1. The number of halogens is 1. The summed E-state index contributed by atoms with van der Waals surface area (Å²) in [6.07, 6.45) is 1.44. The van der Waals surface area contributed by atoms with Crippen LogP contribution in [0.25, 0.3) is 0 Å². The van der Waals surface area contributed by atoms with Crippen molar-refractivity contribution in [2.45, 2.75) is 18.5 Å². The van der Waals surface area contributed by atoms with Crippen LogP contribution in [0.3, 0.4) is 0 Å². The van der Waals surface area contributed by atoms with E-state index < -0.39 is 5.67 Å². The SMILES string of the molecule is FC1(c2ccc3c(c2)OCCO3)CCCNC1. The van der Waals surface area contributed by atoms with Crippen LogP contribution in [0.15, 0.2) is 18.2 Å². The van der Waals surface area contributed by atoms with Crippen molar-refractivity contribution in [1.82, 2.24) is 5.32 Å². The first-order valence-corrected chi connectivity index (χ1v) is 6.08. The van der Waals surface area contributed by atoms with Gasteiger partial charge >= 0.3 is 0 Å². The highest BCUT2D eigenvalue weighted by molar-refractivity contribution is 5.45. The molecule has 0 bridgehead atoms.